The van der Waals surface area contributed by atoms with Crippen LogP contribution in [0.1, 0.15) is 52.9 Å². The molecule has 2 aromatic carbocycles. The minimum atomic E-state index is -3.96. The molecule has 0 aliphatic rings. The number of carbonyl (C=O) groups excluding carboxylic acids is 5. The summed E-state index contributed by atoms with van der Waals surface area (Å²) in [4.78, 5) is 62.4. The van der Waals surface area contributed by atoms with Crippen LogP contribution in [-0.4, -0.2) is 79.6 Å². The van der Waals surface area contributed by atoms with Gasteiger partial charge in [0.2, 0.25) is 27.7 Å². The third-order valence-corrected chi connectivity index (χ3v) is 9.83. The number of benzene rings is 2. The van der Waals surface area contributed by atoms with Crippen LogP contribution >= 0.6 is 24.2 Å². The SMILES string of the molecule is C=C(CS)NCC(=O)NCC(=O)NCC(=O)C(N)CCCCCS(=O)(=O)NC(=O)Cc1c(C)n(C(=O)c2ccc(Cl)cc2)c2ccc(C)cc12. The lowest BCUT2D eigenvalue weighted by molar-refractivity contribution is -0.127. The summed E-state index contributed by atoms with van der Waals surface area (Å²) in [5.41, 5.74) is 9.48. The van der Waals surface area contributed by atoms with E-state index >= 15 is 0 Å². The van der Waals surface area contributed by atoms with Crippen molar-refractivity contribution in [2.24, 2.45) is 5.73 Å². The summed E-state index contributed by atoms with van der Waals surface area (Å²) in [6.07, 6.45) is 1.13. The van der Waals surface area contributed by atoms with Crippen LogP contribution in [0.2, 0.25) is 5.02 Å². The van der Waals surface area contributed by atoms with Gasteiger partial charge in [0, 0.05) is 33.1 Å². The van der Waals surface area contributed by atoms with Gasteiger partial charge >= 0.3 is 0 Å². The summed E-state index contributed by atoms with van der Waals surface area (Å²) >= 11 is 10.00. The number of Topliss-reactive ketones (excluding diaryl/α,β-unsaturated/α-hetero) is 1. The fraction of sp³-hybridized carbons (Fsp3) is 0.382. The molecule has 0 saturated carbocycles. The van der Waals surface area contributed by atoms with Gasteiger partial charge in [0.1, 0.15) is 0 Å². The first-order valence-corrected chi connectivity index (χ1v) is 18.6. The summed E-state index contributed by atoms with van der Waals surface area (Å²) < 4.78 is 29.1. The Morgan fingerprint density at radius 3 is 2.20 bits per heavy atom. The van der Waals surface area contributed by atoms with Crippen molar-refractivity contribution in [2.45, 2.75) is 52.0 Å². The Bertz CT molecular complexity index is 1860. The van der Waals surface area contributed by atoms with Gasteiger partial charge in [-0.2, -0.15) is 12.6 Å². The van der Waals surface area contributed by atoms with E-state index in [9.17, 15) is 32.4 Å². The van der Waals surface area contributed by atoms with E-state index in [-0.39, 0.29) is 50.6 Å². The fourth-order valence-corrected chi connectivity index (χ4v) is 6.44. The molecule has 1 unspecified atom stereocenters. The quantitative estimate of drug-likeness (QED) is 0.0788. The second-order valence-electron chi connectivity index (χ2n) is 11.8. The van der Waals surface area contributed by atoms with Crippen LogP contribution in [0.3, 0.4) is 0 Å². The molecule has 0 aliphatic carbocycles. The zero-order valence-corrected chi connectivity index (χ0v) is 30.5. The zero-order chi connectivity index (χ0) is 37.0. The number of thiol groups is 1. The third kappa shape index (κ3) is 12.0. The molecular formula is C34H43ClN6O7S2. The summed E-state index contributed by atoms with van der Waals surface area (Å²) in [7, 11) is -3.96. The number of hydrogen-bond donors (Lipinski definition) is 6. The Labute approximate surface area is 302 Å². The Hall–Kier alpha value is -4.18. The number of halogens is 1. The topological polar surface area (TPSA) is 199 Å². The number of aryl methyl sites for hydroxylation is 1. The highest BCUT2D eigenvalue weighted by Gasteiger charge is 2.23. The molecule has 16 heteroatoms. The van der Waals surface area contributed by atoms with E-state index in [0.29, 0.717) is 57.0 Å². The van der Waals surface area contributed by atoms with E-state index in [1.54, 1.807) is 37.3 Å². The zero-order valence-electron chi connectivity index (χ0n) is 28.0. The van der Waals surface area contributed by atoms with E-state index in [1.165, 1.54) is 4.57 Å². The van der Waals surface area contributed by atoms with Gasteiger partial charge in [-0.05, 0) is 68.7 Å². The molecule has 1 atom stereocenters. The summed E-state index contributed by atoms with van der Waals surface area (Å²) in [6.45, 7) is 6.57. The molecule has 3 amide bonds. The van der Waals surface area contributed by atoms with Crippen LogP contribution < -0.4 is 26.4 Å². The van der Waals surface area contributed by atoms with Crippen molar-refractivity contribution in [3.8, 4) is 0 Å². The molecule has 0 aliphatic heterocycles. The van der Waals surface area contributed by atoms with E-state index < -0.39 is 39.6 Å². The first-order chi connectivity index (χ1) is 23.6. The average molecular weight is 747 g/mol. The van der Waals surface area contributed by atoms with Gasteiger partial charge in [0.15, 0.2) is 5.78 Å². The lowest BCUT2D eigenvalue weighted by atomic mass is 10.1. The first-order valence-electron chi connectivity index (χ1n) is 15.9. The molecule has 0 bridgehead atoms. The van der Waals surface area contributed by atoms with Crippen molar-refractivity contribution in [2.75, 3.05) is 31.1 Å². The third-order valence-electron chi connectivity index (χ3n) is 7.83. The lowest BCUT2D eigenvalue weighted by Crippen LogP contribution is -2.44. The van der Waals surface area contributed by atoms with Crippen LogP contribution in [0, 0.1) is 13.8 Å². The van der Waals surface area contributed by atoms with Gasteiger partial charge in [-0.3, -0.25) is 33.3 Å². The van der Waals surface area contributed by atoms with Gasteiger partial charge in [0.05, 0.1) is 43.4 Å². The summed E-state index contributed by atoms with van der Waals surface area (Å²) in [5.74, 6) is -2.36. The maximum absolute atomic E-state index is 13.5. The van der Waals surface area contributed by atoms with Crippen molar-refractivity contribution in [1.82, 2.24) is 25.2 Å². The number of carbonyl (C=O) groups is 5. The molecule has 0 radical (unpaired) electrons. The molecule has 1 heterocycles. The number of fused-ring (bicyclic) bond motifs is 1. The maximum atomic E-state index is 13.5. The number of aromatic nitrogens is 1. The van der Waals surface area contributed by atoms with Gasteiger partial charge < -0.3 is 21.7 Å². The number of amides is 3. The molecule has 50 heavy (non-hydrogen) atoms. The van der Waals surface area contributed by atoms with Crippen molar-refractivity contribution in [3.63, 3.8) is 0 Å². The standard InChI is InChI=1S/C34H43ClN6O7S2/c1-21-8-13-29-27(15-21)26(23(3)41(29)34(46)24-9-11-25(35)12-10-24)16-31(43)40-50(47,48)14-6-4-5-7-28(36)30(42)17-38-33(45)19-39-32(44)18-37-22(2)20-49/h8-13,15,28,37,49H,2,4-7,14,16-20,36H2,1,3H3,(H,38,45)(H,39,44)(H,40,43). The minimum Gasteiger partial charge on any atom is -0.379 e. The molecule has 1 aromatic heterocycles. The second kappa shape index (κ2) is 18.7. The Morgan fingerprint density at radius 2 is 1.54 bits per heavy atom. The predicted octanol–water partition coefficient (Wildman–Crippen LogP) is 2.31. The van der Waals surface area contributed by atoms with Gasteiger partial charge in [0.25, 0.3) is 5.91 Å². The highest BCUT2D eigenvalue weighted by molar-refractivity contribution is 7.90. The van der Waals surface area contributed by atoms with Gasteiger partial charge in [-0.1, -0.05) is 42.7 Å². The predicted molar refractivity (Wildman–Crippen MR) is 197 cm³/mol. The Morgan fingerprint density at radius 1 is 0.900 bits per heavy atom. The molecule has 270 valence electrons. The monoisotopic (exact) mass is 746 g/mol. The molecular weight excluding hydrogens is 704 g/mol. The second-order valence-corrected chi connectivity index (χ2v) is 14.4. The van der Waals surface area contributed by atoms with E-state index in [4.69, 9.17) is 17.3 Å². The molecule has 0 saturated heterocycles. The number of nitrogens with zero attached hydrogens (tertiary/aromatic N) is 1. The van der Waals surface area contributed by atoms with Crippen molar-refractivity contribution >= 4 is 74.6 Å². The number of unbranched alkanes of at least 4 members (excludes halogenated alkanes) is 2. The smallest absolute Gasteiger partial charge is 0.262 e. The molecule has 0 fully saturated rings. The molecule has 13 nitrogen and oxygen atoms in total. The summed E-state index contributed by atoms with van der Waals surface area (Å²) in [5, 5.41) is 8.72. The number of hydrogen-bond acceptors (Lipinski definition) is 10. The first kappa shape index (κ1) is 40.3. The number of nitrogens with one attached hydrogen (secondary N) is 4. The number of ketones is 1. The maximum Gasteiger partial charge on any atom is 0.262 e. The van der Waals surface area contributed by atoms with Crippen LogP contribution in [0.4, 0.5) is 0 Å². The van der Waals surface area contributed by atoms with Crippen LogP contribution in [0.5, 0.6) is 0 Å². The van der Waals surface area contributed by atoms with Crippen molar-refractivity contribution in [3.05, 3.63) is 82.1 Å². The average Bonchev–Trinajstić information content (AvgIpc) is 3.33. The van der Waals surface area contributed by atoms with Gasteiger partial charge in [-0.25, -0.2) is 8.42 Å². The highest BCUT2D eigenvalue weighted by Crippen LogP contribution is 2.29. The summed E-state index contributed by atoms with van der Waals surface area (Å²) in [6, 6.07) is 11.1. The molecule has 6 N–H and O–H groups in total. The van der Waals surface area contributed by atoms with Crippen LogP contribution in [-0.2, 0) is 35.6 Å². The van der Waals surface area contributed by atoms with Gasteiger partial charge in [-0.15, -0.1) is 0 Å². The number of rotatable bonds is 19. The van der Waals surface area contributed by atoms with E-state index in [2.05, 4.69) is 39.9 Å². The number of sulfonamides is 1. The van der Waals surface area contributed by atoms with Crippen molar-refractivity contribution in [1.29, 1.82) is 0 Å². The molecule has 3 aromatic rings. The van der Waals surface area contributed by atoms with E-state index in [0.717, 1.165) is 5.56 Å². The molecule has 3 rings (SSSR count). The highest BCUT2D eigenvalue weighted by atomic mass is 35.5. The fourth-order valence-electron chi connectivity index (χ4n) is 5.10. The van der Waals surface area contributed by atoms with Crippen LogP contribution in [0.15, 0.2) is 54.7 Å². The van der Waals surface area contributed by atoms with Crippen molar-refractivity contribution < 1.29 is 32.4 Å². The van der Waals surface area contributed by atoms with Crippen LogP contribution in [0.25, 0.3) is 10.9 Å². The minimum absolute atomic E-state index is 0.0641. The normalized spacial score (nSPS) is 11.9. The molecule has 0 spiro atoms. The Balaban J connectivity index is 1.45. The largest absolute Gasteiger partial charge is 0.379 e. The lowest BCUT2D eigenvalue weighted by Gasteiger charge is -2.12. The van der Waals surface area contributed by atoms with E-state index in [1.807, 2.05) is 19.1 Å². The Kier molecular flexibility index (Phi) is 15.1. The number of nitrogens with two attached hydrogens (primary N) is 1.